The molecule has 0 radical (unpaired) electrons. The fourth-order valence-corrected chi connectivity index (χ4v) is 11.8. The molecule has 1 amide bonds. The number of nitrogens with zero attached hydrogens (tertiary/aromatic N) is 7. The molecule has 0 saturated heterocycles. The van der Waals surface area contributed by atoms with Gasteiger partial charge in [-0.2, -0.15) is 0 Å². The molecule has 0 saturated carbocycles. The van der Waals surface area contributed by atoms with Crippen molar-refractivity contribution in [2.45, 2.75) is 79.1 Å². The number of thiazole rings is 3. The maximum Gasteiger partial charge on any atom is 0.419 e. The van der Waals surface area contributed by atoms with Gasteiger partial charge in [-0.3, -0.25) is 32.9 Å². The Labute approximate surface area is 620 Å². The first-order valence-corrected chi connectivity index (χ1v) is 34.6. The van der Waals surface area contributed by atoms with E-state index in [0.29, 0.717) is 49.4 Å². The Hall–Kier alpha value is -12.8. The van der Waals surface area contributed by atoms with Gasteiger partial charge in [0.25, 0.3) is 5.91 Å². The Kier molecular flexibility index (Phi) is 25.6. The standard InChI is InChI=1S/C18H16N2O5S.C16H20N2O4.C14H10N2O3S.C14H15NO4.C9H7NO2.C4H3NO2S/c1-18(2,3)25-17(24)20-8-11(10-6-4-5-7-13(10)20)14(21)15-19-12(9-26-15)16(22)23;1-16(2,3)22-15(20)18-10-12(14(19)17(4)21-5)11-8-6-7-9-13(11)18;1-19-14(18)11-7-20-13(16-11)12(17)9-6-15-10-5-3-2-4-8(9)10;1-14(2,3)19-13(18)15-8-10(12(16)17)9-6-4-5-7-11(9)15;11-9(12)7-5-10-8-4-2-1-3-6(7)8;6-4(7)3-1-8-2-5-3/h4-9H,1-3H3,(H,22,23);6-10H,1-5H3;2-7,15H,1H3;4-8H,1-3H3,(H,16,17);1-5,10H,(H,11,12);1-2H,(H,6,7). The van der Waals surface area contributed by atoms with E-state index in [-0.39, 0.29) is 49.9 Å². The van der Waals surface area contributed by atoms with Gasteiger partial charge in [-0.25, -0.2) is 58.4 Å². The molecule has 32 heteroatoms. The first kappa shape index (κ1) is 79.9. The number of ketones is 2. The first-order chi connectivity index (χ1) is 50.5. The van der Waals surface area contributed by atoms with Crippen molar-refractivity contribution in [3.63, 3.8) is 0 Å². The molecule has 29 nitrogen and oxygen atoms in total. The number of carbonyl (C=O) groups is 11. The molecular formula is C75H71N9O20S3. The largest absolute Gasteiger partial charge is 0.478 e. The van der Waals surface area contributed by atoms with Gasteiger partial charge in [-0.15, -0.1) is 34.0 Å². The lowest BCUT2D eigenvalue weighted by Gasteiger charge is -2.19. The zero-order valence-corrected chi connectivity index (χ0v) is 61.9. The fourth-order valence-electron chi connectivity index (χ4n) is 9.81. The van der Waals surface area contributed by atoms with E-state index in [1.54, 1.807) is 141 Å². The Morgan fingerprint density at radius 1 is 0.430 bits per heavy atom. The molecule has 5 aromatic carbocycles. The van der Waals surface area contributed by atoms with Gasteiger partial charge < -0.3 is 49.3 Å². The maximum atomic E-state index is 12.8. The van der Waals surface area contributed by atoms with Crippen LogP contribution in [0.5, 0.6) is 0 Å². The van der Waals surface area contributed by atoms with E-state index in [1.807, 2.05) is 48.5 Å². The number of benzene rings is 5. The number of hydrogen-bond acceptors (Lipinski definition) is 22. The second-order valence-electron chi connectivity index (χ2n) is 25.5. The number of para-hydroxylation sites is 5. The molecule has 8 heterocycles. The average Bonchev–Trinajstić information content (AvgIpc) is 1.63. The molecule has 0 bridgehead atoms. The van der Waals surface area contributed by atoms with Gasteiger partial charge in [-0.1, -0.05) is 91.0 Å². The SMILES string of the molecule is CC(C)(C)OC(=O)n1cc(C(=O)O)c2ccccc21.CC(C)(C)OC(=O)n1cc(C(=O)c2nc(C(=O)O)cs2)c2ccccc21.COC(=O)c1csc(C(=O)c2c[nH]c3ccccc23)n1.CON(C)C(=O)c1cn(C(=O)OC(C)(C)C)c2ccccc12.O=C(O)c1c[nH]c2ccccc12.O=C(O)c1cscn1. The van der Waals surface area contributed by atoms with Crippen molar-refractivity contribution in [2.24, 2.45) is 0 Å². The fraction of sp³-hybridized carbons (Fsp3) is 0.200. The Balaban J connectivity index is 0.000000166. The number of rotatable bonds is 11. The van der Waals surface area contributed by atoms with Crippen LogP contribution in [0.1, 0.15) is 156 Å². The number of aromatic amines is 2. The van der Waals surface area contributed by atoms with E-state index < -0.39 is 70.7 Å². The molecule has 107 heavy (non-hydrogen) atoms. The number of hydroxylamine groups is 2. The molecular weight excluding hydrogens is 1440 g/mol. The van der Waals surface area contributed by atoms with Crippen molar-refractivity contribution in [3.05, 3.63) is 229 Å². The van der Waals surface area contributed by atoms with Crippen LogP contribution in [0, 0.1) is 0 Å². The zero-order chi connectivity index (χ0) is 78.4. The summed E-state index contributed by atoms with van der Waals surface area (Å²) in [4.78, 5) is 151. The number of nitrogens with one attached hydrogen (secondary N) is 2. The number of fused-ring (bicyclic) bond motifs is 5. The third-order valence-corrected chi connectivity index (χ3v) is 16.8. The van der Waals surface area contributed by atoms with E-state index in [2.05, 4.69) is 29.7 Å². The second-order valence-corrected chi connectivity index (χ2v) is 28.0. The molecule has 8 aromatic heterocycles. The van der Waals surface area contributed by atoms with Gasteiger partial charge in [0, 0.05) is 92.1 Å². The molecule has 554 valence electrons. The summed E-state index contributed by atoms with van der Waals surface area (Å²) in [6.45, 7) is 15.9. The number of aromatic carboxylic acids is 4. The van der Waals surface area contributed by atoms with Crippen molar-refractivity contribution >= 4 is 154 Å². The molecule has 0 atom stereocenters. The maximum absolute atomic E-state index is 12.8. The molecule has 0 aliphatic rings. The van der Waals surface area contributed by atoms with E-state index in [1.165, 1.54) is 92.7 Å². The number of hydrogen-bond donors (Lipinski definition) is 6. The van der Waals surface area contributed by atoms with Crippen molar-refractivity contribution in [2.75, 3.05) is 21.3 Å². The zero-order valence-electron chi connectivity index (χ0n) is 59.4. The number of aromatic nitrogens is 8. The molecule has 13 aromatic rings. The van der Waals surface area contributed by atoms with Crippen LogP contribution in [0.3, 0.4) is 0 Å². The lowest BCUT2D eigenvalue weighted by atomic mass is 10.1. The van der Waals surface area contributed by atoms with Gasteiger partial charge >= 0.3 is 48.1 Å². The van der Waals surface area contributed by atoms with Crippen molar-refractivity contribution < 1.29 is 97.0 Å². The monoisotopic (exact) mass is 1510 g/mol. The van der Waals surface area contributed by atoms with Crippen molar-refractivity contribution in [3.8, 4) is 0 Å². The van der Waals surface area contributed by atoms with Crippen LogP contribution >= 0.6 is 34.0 Å². The minimum Gasteiger partial charge on any atom is -0.478 e. The van der Waals surface area contributed by atoms with E-state index in [0.717, 1.165) is 49.5 Å². The molecule has 6 N–H and O–H groups in total. The predicted octanol–water partition coefficient (Wildman–Crippen LogP) is 15.3. The molecule has 0 unspecified atom stereocenters. The summed E-state index contributed by atoms with van der Waals surface area (Å²) >= 11 is 3.36. The summed E-state index contributed by atoms with van der Waals surface area (Å²) in [6.07, 6.45) is 5.64. The van der Waals surface area contributed by atoms with Gasteiger partial charge in [0.2, 0.25) is 11.6 Å². The number of esters is 1. The molecule has 0 aliphatic heterocycles. The van der Waals surface area contributed by atoms with E-state index >= 15 is 0 Å². The molecule has 0 spiro atoms. The summed E-state index contributed by atoms with van der Waals surface area (Å²) in [5, 5.41) is 44.2. The summed E-state index contributed by atoms with van der Waals surface area (Å²) in [6, 6.07) is 35.8. The Morgan fingerprint density at radius 2 is 0.794 bits per heavy atom. The summed E-state index contributed by atoms with van der Waals surface area (Å²) in [7, 11) is 4.20. The first-order valence-electron chi connectivity index (χ1n) is 31.9. The quantitative estimate of drug-likeness (QED) is 0.0303. The highest BCUT2D eigenvalue weighted by atomic mass is 32.1. The van der Waals surface area contributed by atoms with Crippen LogP contribution in [0.25, 0.3) is 54.5 Å². The van der Waals surface area contributed by atoms with Crippen LogP contribution in [-0.2, 0) is 23.8 Å². The minimum absolute atomic E-state index is 0.0505. The summed E-state index contributed by atoms with van der Waals surface area (Å²) in [5.41, 5.74) is 4.66. The van der Waals surface area contributed by atoms with Gasteiger partial charge in [0.15, 0.2) is 27.1 Å². The number of ether oxygens (including phenoxy) is 4. The topological polar surface area (TPSA) is 403 Å². The van der Waals surface area contributed by atoms with Crippen LogP contribution in [0.2, 0.25) is 0 Å². The van der Waals surface area contributed by atoms with Crippen LogP contribution < -0.4 is 0 Å². The number of H-pyrrole nitrogens is 2. The lowest BCUT2D eigenvalue weighted by molar-refractivity contribution is -0.0755. The highest BCUT2D eigenvalue weighted by Gasteiger charge is 2.29. The second kappa shape index (κ2) is 34.2. The highest BCUT2D eigenvalue weighted by Crippen LogP contribution is 2.30. The number of carbonyl (C=O) groups excluding carboxylic acids is 7. The molecule has 0 fully saturated rings. The number of amides is 1. The Bertz CT molecular complexity index is 5480. The lowest BCUT2D eigenvalue weighted by Crippen LogP contribution is -2.27. The third-order valence-electron chi connectivity index (χ3n) is 14.5. The Morgan fingerprint density at radius 3 is 1.19 bits per heavy atom. The summed E-state index contributed by atoms with van der Waals surface area (Å²) < 4.78 is 24.5. The number of methoxy groups -OCH3 is 1. The van der Waals surface area contributed by atoms with Crippen molar-refractivity contribution in [1.82, 2.24) is 43.7 Å². The van der Waals surface area contributed by atoms with Gasteiger partial charge in [-0.05, 0) is 92.6 Å². The summed E-state index contributed by atoms with van der Waals surface area (Å²) in [5.74, 6) is -5.66. The van der Waals surface area contributed by atoms with Crippen LogP contribution in [0.4, 0.5) is 14.4 Å². The third kappa shape index (κ3) is 20.1. The predicted molar refractivity (Wildman–Crippen MR) is 399 cm³/mol. The van der Waals surface area contributed by atoms with Crippen LogP contribution in [-0.4, -0.2) is 168 Å². The average molecular weight is 1510 g/mol. The van der Waals surface area contributed by atoms with Gasteiger partial charge in [0.1, 0.15) is 16.8 Å². The molecule has 0 aliphatic carbocycles. The van der Waals surface area contributed by atoms with E-state index in [4.69, 9.17) is 39.5 Å². The highest BCUT2D eigenvalue weighted by molar-refractivity contribution is 7.12. The number of carboxylic acid groups (broad SMARTS) is 4. The molecule has 13 rings (SSSR count). The normalized spacial score (nSPS) is 11.0. The van der Waals surface area contributed by atoms with Crippen LogP contribution in [0.15, 0.2) is 174 Å². The van der Waals surface area contributed by atoms with Gasteiger partial charge in [0.05, 0.1) is 64.1 Å². The number of carboxylic acids is 4. The minimum atomic E-state index is -1.20. The van der Waals surface area contributed by atoms with Crippen molar-refractivity contribution in [1.29, 1.82) is 0 Å². The smallest absolute Gasteiger partial charge is 0.419 e. The van der Waals surface area contributed by atoms with E-state index in [9.17, 15) is 52.7 Å².